The van der Waals surface area contributed by atoms with Gasteiger partial charge in [-0.1, -0.05) is 17.7 Å². The molecule has 26 heavy (non-hydrogen) atoms. The van der Waals surface area contributed by atoms with E-state index in [0.717, 1.165) is 41.4 Å². The van der Waals surface area contributed by atoms with Crippen molar-refractivity contribution in [3.8, 4) is 0 Å². The Kier molecular flexibility index (Phi) is 5.32. The first-order valence-corrected chi connectivity index (χ1v) is 9.11. The Balaban J connectivity index is 1.82. The summed E-state index contributed by atoms with van der Waals surface area (Å²) in [5.74, 6) is 1.52. The summed E-state index contributed by atoms with van der Waals surface area (Å²) < 4.78 is 0. The lowest BCUT2D eigenvalue weighted by atomic mass is 10.1. The second-order valence-corrected chi connectivity index (χ2v) is 7.16. The molecule has 1 saturated heterocycles. The van der Waals surface area contributed by atoms with E-state index in [9.17, 15) is 4.79 Å². The number of carbonyl (C=O) groups is 1. The number of rotatable bonds is 3. The summed E-state index contributed by atoms with van der Waals surface area (Å²) in [6, 6.07) is 5.97. The van der Waals surface area contributed by atoms with Gasteiger partial charge in [0.05, 0.1) is 10.7 Å². The molecule has 3 rings (SSSR count). The highest BCUT2D eigenvalue weighted by atomic mass is 35.5. The number of hydrogen-bond acceptors (Lipinski definition) is 5. The van der Waals surface area contributed by atoms with Crippen LogP contribution in [-0.4, -0.2) is 47.0 Å². The maximum absolute atomic E-state index is 11.5. The summed E-state index contributed by atoms with van der Waals surface area (Å²) >= 11 is 6.39. The summed E-state index contributed by atoms with van der Waals surface area (Å²) in [6.45, 7) is 10.5. The van der Waals surface area contributed by atoms with Crippen LogP contribution in [-0.2, 0) is 4.79 Å². The number of carbonyl (C=O) groups excluding carboxylic acids is 1. The first-order chi connectivity index (χ1) is 12.3. The highest BCUT2D eigenvalue weighted by Gasteiger charge is 2.20. The molecule has 0 spiro atoms. The molecule has 1 aromatic heterocycles. The van der Waals surface area contributed by atoms with E-state index in [4.69, 9.17) is 11.6 Å². The van der Waals surface area contributed by atoms with E-state index in [0.29, 0.717) is 24.1 Å². The first kappa shape index (κ1) is 18.5. The summed E-state index contributed by atoms with van der Waals surface area (Å²) in [4.78, 5) is 24.7. The molecule has 6 nitrogen and oxygen atoms in total. The van der Waals surface area contributed by atoms with Gasteiger partial charge in [-0.3, -0.25) is 4.79 Å². The van der Waals surface area contributed by atoms with Crippen LogP contribution in [0.2, 0.25) is 5.02 Å². The van der Waals surface area contributed by atoms with Gasteiger partial charge in [0, 0.05) is 44.9 Å². The van der Waals surface area contributed by atoms with Crippen LogP contribution < -0.4 is 10.2 Å². The van der Waals surface area contributed by atoms with Crippen molar-refractivity contribution >= 4 is 35.0 Å². The van der Waals surface area contributed by atoms with Crippen molar-refractivity contribution in [2.45, 2.75) is 27.7 Å². The lowest BCUT2D eigenvalue weighted by molar-refractivity contribution is -0.129. The Bertz CT molecular complexity index is 808. The smallest absolute Gasteiger partial charge is 0.229 e. The molecule has 1 aromatic carbocycles. The van der Waals surface area contributed by atoms with Gasteiger partial charge in [-0.25, -0.2) is 4.98 Å². The Morgan fingerprint density at radius 3 is 2.38 bits per heavy atom. The minimum atomic E-state index is 0.121. The van der Waals surface area contributed by atoms with E-state index in [1.807, 2.05) is 37.8 Å². The topological polar surface area (TPSA) is 61.4 Å². The molecule has 1 aliphatic rings. The maximum atomic E-state index is 11.5. The molecule has 0 saturated carbocycles. The Morgan fingerprint density at radius 2 is 1.77 bits per heavy atom. The quantitative estimate of drug-likeness (QED) is 0.892. The monoisotopic (exact) mass is 373 g/mol. The average molecular weight is 374 g/mol. The summed E-state index contributed by atoms with van der Waals surface area (Å²) in [7, 11) is 0. The van der Waals surface area contributed by atoms with Crippen molar-refractivity contribution in [3.05, 3.63) is 40.0 Å². The molecule has 138 valence electrons. The maximum Gasteiger partial charge on any atom is 0.229 e. The molecule has 0 aliphatic carbocycles. The van der Waals surface area contributed by atoms with Crippen LogP contribution in [0.25, 0.3) is 0 Å². The number of benzene rings is 1. The first-order valence-electron chi connectivity index (χ1n) is 8.73. The molecule has 0 atom stereocenters. The zero-order valence-corrected chi connectivity index (χ0v) is 16.4. The highest BCUT2D eigenvalue weighted by Crippen LogP contribution is 2.30. The van der Waals surface area contributed by atoms with Gasteiger partial charge in [-0.15, -0.1) is 0 Å². The number of nitrogens with one attached hydrogen (secondary N) is 1. The lowest BCUT2D eigenvalue weighted by Crippen LogP contribution is -2.48. The SMILES string of the molecule is CC(=O)N1CCN(c2cc(C)nc(Nc3c(C)cc(C)cc3Cl)n2)CC1. The second-order valence-electron chi connectivity index (χ2n) is 6.75. The second kappa shape index (κ2) is 7.50. The molecule has 7 heteroatoms. The number of halogens is 1. The van der Waals surface area contributed by atoms with Gasteiger partial charge in [0.25, 0.3) is 0 Å². The molecule has 0 bridgehead atoms. The molecule has 0 radical (unpaired) electrons. The van der Waals surface area contributed by atoms with Crippen LogP contribution in [0.15, 0.2) is 18.2 Å². The minimum absolute atomic E-state index is 0.121. The van der Waals surface area contributed by atoms with Crippen molar-refractivity contribution in [1.82, 2.24) is 14.9 Å². The van der Waals surface area contributed by atoms with E-state index in [1.54, 1.807) is 6.92 Å². The average Bonchev–Trinajstić information content (AvgIpc) is 2.57. The molecule has 1 amide bonds. The molecule has 0 unspecified atom stereocenters. The number of amides is 1. The summed E-state index contributed by atoms with van der Waals surface area (Å²) in [5, 5.41) is 3.93. The predicted octanol–water partition coefficient (Wildman–Crippen LogP) is 3.47. The summed E-state index contributed by atoms with van der Waals surface area (Å²) in [5.41, 5.74) is 3.88. The third-order valence-corrected chi connectivity index (χ3v) is 4.86. The van der Waals surface area contributed by atoms with E-state index in [-0.39, 0.29) is 5.91 Å². The molecule has 1 aliphatic heterocycles. The number of piperazine rings is 1. The normalized spacial score (nSPS) is 14.5. The van der Waals surface area contributed by atoms with Crippen LogP contribution in [0, 0.1) is 20.8 Å². The molecule has 1 fully saturated rings. The van der Waals surface area contributed by atoms with Crippen molar-refractivity contribution < 1.29 is 4.79 Å². The van der Waals surface area contributed by atoms with Crippen molar-refractivity contribution in [1.29, 1.82) is 0 Å². The van der Waals surface area contributed by atoms with Gasteiger partial charge in [-0.05, 0) is 38.0 Å². The van der Waals surface area contributed by atoms with Gasteiger partial charge >= 0.3 is 0 Å². The van der Waals surface area contributed by atoms with Crippen LogP contribution in [0.3, 0.4) is 0 Å². The Hall–Kier alpha value is -2.34. The number of anilines is 3. The standard InChI is InChI=1S/C19H24ClN5O/c1-12-9-13(2)18(16(20)10-12)23-19-21-14(3)11-17(22-19)25-7-5-24(6-8-25)15(4)26/h9-11H,5-8H2,1-4H3,(H,21,22,23). The lowest BCUT2D eigenvalue weighted by Gasteiger charge is -2.35. The van der Waals surface area contributed by atoms with Crippen LogP contribution >= 0.6 is 11.6 Å². The zero-order chi connectivity index (χ0) is 18.8. The van der Waals surface area contributed by atoms with E-state index < -0.39 is 0 Å². The van der Waals surface area contributed by atoms with E-state index in [1.165, 1.54) is 0 Å². The van der Waals surface area contributed by atoms with Gasteiger partial charge in [0.15, 0.2) is 0 Å². The fourth-order valence-electron chi connectivity index (χ4n) is 3.21. The highest BCUT2D eigenvalue weighted by molar-refractivity contribution is 6.33. The Labute approximate surface area is 159 Å². The van der Waals surface area contributed by atoms with Gasteiger partial charge < -0.3 is 15.1 Å². The molecular weight excluding hydrogens is 350 g/mol. The number of aromatic nitrogens is 2. The van der Waals surface area contributed by atoms with Gasteiger partial charge in [-0.2, -0.15) is 4.98 Å². The van der Waals surface area contributed by atoms with Gasteiger partial charge in [0.2, 0.25) is 11.9 Å². The molecule has 2 aromatic rings. The van der Waals surface area contributed by atoms with Crippen LogP contribution in [0.1, 0.15) is 23.7 Å². The zero-order valence-electron chi connectivity index (χ0n) is 15.6. The fraction of sp³-hybridized carbons (Fsp3) is 0.421. The third-order valence-electron chi connectivity index (χ3n) is 4.56. The third kappa shape index (κ3) is 4.07. The molecular formula is C19H24ClN5O. The largest absolute Gasteiger partial charge is 0.353 e. The predicted molar refractivity (Wildman–Crippen MR) is 105 cm³/mol. The fourth-order valence-corrected chi connectivity index (χ4v) is 3.57. The number of aryl methyl sites for hydroxylation is 3. The molecule has 2 heterocycles. The molecule has 1 N–H and O–H groups in total. The summed E-state index contributed by atoms with van der Waals surface area (Å²) in [6.07, 6.45) is 0. The van der Waals surface area contributed by atoms with Crippen LogP contribution in [0.4, 0.5) is 17.5 Å². The van der Waals surface area contributed by atoms with Crippen LogP contribution in [0.5, 0.6) is 0 Å². The number of hydrogen-bond donors (Lipinski definition) is 1. The number of nitrogens with zero attached hydrogens (tertiary/aromatic N) is 4. The minimum Gasteiger partial charge on any atom is -0.353 e. The van der Waals surface area contributed by atoms with E-state index >= 15 is 0 Å². The van der Waals surface area contributed by atoms with Crippen molar-refractivity contribution in [2.24, 2.45) is 0 Å². The van der Waals surface area contributed by atoms with Gasteiger partial charge in [0.1, 0.15) is 5.82 Å². The van der Waals surface area contributed by atoms with E-state index in [2.05, 4.69) is 26.3 Å². The van der Waals surface area contributed by atoms with Crippen molar-refractivity contribution in [2.75, 3.05) is 36.4 Å². The van der Waals surface area contributed by atoms with Crippen molar-refractivity contribution in [3.63, 3.8) is 0 Å². The Morgan fingerprint density at radius 1 is 1.08 bits per heavy atom.